The number of ether oxygens (including phenoxy) is 1. The highest BCUT2D eigenvalue weighted by Gasteiger charge is 2.32. The molecule has 0 amide bonds. The largest absolute Gasteiger partial charge is 0.467 e. The number of benzene rings is 1. The van der Waals surface area contributed by atoms with E-state index >= 15 is 0 Å². The SMILES string of the molecule is COc1ncc(-c2c(-c3ccc(Cl)cc3)c(=O)n(Cc3ccc(C(F)(F)F)nc3)n3c(=O)[nH]nc23)cn1. The van der Waals surface area contributed by atoms with E-state index in [9.17, 15) is 22.8 Å². The molecule has 4 heterocycles. The number of nitrogens with zero attached hydrogens (tertiary/aromatic N) is 6. The molecule has 0 bridgehead atoms. The quantitative estimate of drug-likeness (QED) is 0.370. The van der Waals surface area contributed by atoms with Gasteiger partial charge in [-0.1, -0.05) is 29.8 Å². The predicted octanol–water partition coefficient (Wildman–Crippen LogP) is 3.43. The number of aromatic amines is 1. The molecule has 0 atom stereocenters. The number of H-pyrrole nitrogens is 1. The van der Waals surface area contributed by atoms with Crippen LogP contribution in [0.2, 0.25) is 5.02 Å². The van der Waals surface area contributed by atoms with Crippen LogP contribution in [-0.4, -0.2) is 41.5 Å². The maximum Gasteiger partial charge on any atom is 0.433 e. The van der Waals surface area contributed by atoms with Crippen molar-refractivity contribution in [1.82, 2.24) is 34.3 Å². The van der Waals surface area contributed by atoms with Gasteiger partial charge in [-0.3, -0.25) is 9.78 Å². The van der Waals surface area contributed by atoms with Gasteiger partial charge in [-0.2, -0.15) is 22.8 Å². The van der Waals surface area contributed by atoms with Crippen LogP contribution in [0, 0.1) is 0 Å². The van der Waals surface area contributed by atoms with Crippen LogP contribution in [0.3, 0.4) is 0 Å². The highest BCUT2D eigenvalue weighted by molar-refractivity contribution is 6.30. The number of hydrogen-bond acceptors (Lipinski definition) is 7. The highest BCUT2D eigenvalue weighted by atomic mass is 35.5. The van der Waals surface area contributed by atoms with Crippen LogP contribution in [0.1, 0.15) is 11.3 Å². The Hall–Kier alpha value is -4.52. The zero-order valence-corrected chi connectivity index (χ0v) is 19.6. The van der Waals surface area contributed by atoms with Crippen molar-refractivity contribution in [3.8, 4) is 28.3 Å². The third-order valence-corrected chi connectivity index (χ3v) is 5.75. The van der Waals surface area contributed by atoms with E-state index in [0.29, 0.717) is 16.1 Å². The molecule has 5 aromatic rings. The van der Waals surface area contributed by atoms with E-state index < -0.39 is 23.1 Å². The first-order valence-electron chi connectivity index (χ1n) is 10.6. The lowest BCUT2D eigenvalue weighted by atomic mass is 9.98. The van der Waals surface area contributed by atoms with Crippen LogP contribution in [0.15, 0.2) is 64.6 Å². The summed E-state index contributed by atoms with van der Waals surface area (Å²) in [5.41, 5.74) is -0.866. The topological polar surface area (TPSA) is 120 Å². The molecule has 0 spiro atoms. The number of methoxy groups -OCH3 is 1. The lowest BCUT2D eigenvalue weighted by molar-refractivity contribution is -0.141. The Bertz CT molecular complexity index is 1710. The summed E-state index contributed by atoms with van der Waals surface area (Å²) in [6, 6.07) is 8.52. The number of aromatic nitrogens is 7. The van der Waals surface area contributed by atoms with Crippen molar-refractivity contribution in [2.24, 2.45) is 0 Å². The molecule has 0 saturated heterocycles. The van der Waals surface area contributed by atoms with E-state index in [0.717, 1.165) is 21.5 Å². The normalized spacial score (nSPS) is 11.7. The minimum atomic E-state index is -4.62. The molecule has 188 valence electrons. The lowest BCUT2D eigenvalue weighted by Gasteiger charge is -2.16. The zero-order chi connectivity index (χ0) is 26.3. The van der Waals surface area contributed by atoms with Gasteiger partial charge >= 0.3 is 17.9 Å². The number of alkyl halides is 3. The van der Waals surface area contributed by atoms with Crippen molar-refractivity contribution in [3.63, 3.8) is 0 Å². The Morgan fingerprint density at radius 1 is 0.946 bits per heavy atom. The van der Waals surface area contributed by atoms with E-state index in [-0.39, 0.29) is 34.9 Å². The Kier molecular flexibility index (Phi) is 5.99. The standard InChI is InChI=1S/C23H15ClF3N7O3/c1-37-21-29-9-14(10-30-21)17-18(13-3-5-15(24)6-4-13)20(35)33(34-19(17)31-32-22(34)36)11-12-2-7-16(28-8-12)23(25,26)27/h2-10H,11H2,1H3,(H,32,36). The Morgan fingerprint density at radius 3 is 2.24 bits per heavy atom. The van der Waals surface area contributed by atoms with Crippen LogP contribution < -0.4 is 16.0 Å². The van der Waals surface area contributed by atoms with Crippen molar-refractivity contribution in [1.29, 1.82) is 0 Å². The van der Waals surface area contributed by atoms with Gasteiger partial charge in [0.25, 0.3) is 5.56 Å². The molecule has 0 aliphatic heterocycles. The smallest absolute Gasteiger partial charge is 0.433 e. The van der Waals surface area contributed by atoms with Crippen molar-refractivity contribution < 1.29 is 17.9 Å². The predicted molar refractivity (Wildman–Crippen MR) is 126 cm³/mol. The van der Waals surface area contributed by atoms with Crippen LogP contribution >= 0.6 is 11.6 Å². The molecule has 0 aliphatic carbocycles. The van der Waals surface area contributed by atoms with Crippen LogP contribution in [-0.2, 0) is 12.7 Å². The second-order valence-corrected chi connectivity index (χ2v) is 8.23. The average molecular weight is 530 g/mol. The zero-order valence-electron chi connectivity index (χ0n) is 18.8. The molecule has 0 radical (unpaired) electrons. The fourth-order valence-corrected chi connectivity index (χ4v) is 3.95. The van der Waals surface area contributed by atoms with Gasteiger partial charge in [0.05, 0.1) is 19.2 Å². The summed E-state index contributed by atoms with van der Waals surface area (Å²) in [7, 11) is 1.40. The second kappa shape index (κ2) is 9.17. The molecule has 4 aromatic heterocycles. The van der Waals surface area contributed by atoms with Crippen molar-refractivity contribution >= 4 is 17.2 Å². The van der Waals surface area contributed by atoms with E-state index in [1.807, 2.05) is 0 Å². The summed E-state index contributed by atoms with van der Waals surface area (Å²) in [6.45, 7) is -0.264. The van der Waals surface area contributed by atoms with Gasteiger partial charge in [-0.05, 0) is 29.3 Å². The number of nitrogens with one attached hydrogen (secondary N) is 1. The minimum Gasteiger partial charge on any atom is -0.467 e. The molecule has 10 nitrogen and oxygen atoms in total. The molecule has 1 N–H and O–H groups in total. The van der Waals surface area contributed by atoms with Gasteiger partial charge in [0.1, 0.15) is 5.69 Å². The maximum absolute atomic E-state index is 13.9. The van der Waals surface area contributed by atoms with Crippen LogP contribution in [0.25, 0.3) is 27.9 Å². The van der Waals surface area contributed by atoms with Crippen LogP contribution in [0.5, 0.6) is 6.01 Å². The molecular formula is C23H15ClF3N7O3. The number of hydrogen-bond donors (Lipinski definition) is 1. The summed E-state index contributed by atoms with van der Waals surface area (Å²) in [5, 5.41) is 6.88. The van der Waals surface area contributed by atoms with Crippen molar-refractivity contribution in [2.75, 3.05) is 7.11 Å². The fourth-order valence-electron chi connectivity index (χ4n) is 3.83. The Morgan fingerprint density at radius 2 is 1.65 bits per heavy atom. The van der Waals surface area contributed by atoms with E-state index in [2.05, 4.69) is 25.1 Å². The monoisotopic (exact) mass is 529 g/mol. The van der Waals surface area contributed by atoms with Gasteiger partial charge in [0.2, 0.25) is 0 Å². The Balaban J connectivity index is 1.78. The highest BCUT2D eigenvalue weighted by Crippen LogP contribution is 2.33. The molecule has 5 rings (SSSR count). The number of fused-ring (bicyclic) bond motifs is 1. The van der Waals surface area contributed by atoms with Crippen molar-refractivity contribution in [2.45, 2.75) is 12.7 Å². The third-order valence-electron chi connectivity index (χ3n) is 5.49. The molecular weight excluding hydrogens is 515 g/mol. The summed E-state index contributed by atoms with van der Waals surface area (Å²) < 4.78 is 45.9. The van der Waals surface area contributed by atoms with Gasteiger partial charge in [-0.15, -0.1) is 0 Å². The van der Waals surface area contributed by atoms with Crippen molar-refractivity contribution in [3.05, 3.63) is 92.1 Å². The molecule has 0 aliphatic rings. The van der Waals surface area contributed by atoms with Crippen LogP contribution in [0.4, 0.5) is 13.2 Å². The maximum atomic E-state index is 13.9. The first-order chi connectivity index (χ1) is 17.7. The molecule has 14 heteroatoms. The molecule has 1 aromatic carbocycles. The minimum absolute atomic E-state index is 0.0724. The van der Waals surface area contributed by atoms with E-state index in [4.69, 9.17) is 16.3 Å². The molecule has 37 heavy (non-hydrogen) atoms. The fraction of sp³-hybridized carbons (Fsp3) is 0.130. The number of pyridine rings is 1. The van der Waals surface area contributed by atoms with E-state index in [1.54, 1.807) is 24.3 Å². The summed E-state index contributed by atoms with van der Waals surface area (Å²) >= 11 is 6.04. The third kappa shape index (κ3) is 4.44. The molecule has 0 fully saturated rings. The summed E-state index contributed by atoms with van der Waals surface area (Å²) in [4.78, 5) is 38.3. The first kappa shape index (κ1) is 24.2. The number of rotatable bonds is 5. The van der Waals surface area contributed by atoms with Gasteiger partial charge < -0.3 is 4.74 Å². The summed E-state index contributed by atoms with van der Waals surface area (Å²) in [6.07, 6.45) is -0.778. The van der Waals surface area contributed by atoms with Gasteiger partial charge in [0.15, 0.2) is 5.65 Å². The lowest BCUT2D eigenvalue weighted by Crippen LogP contribution is -2.33. The second-order valence-electron chi connectivity index (χ2n) is 7.79. The Labute approximate surface area is 210 Å². The molecule has 0 saturated carbocycles. The van der Waals surface area contributed by atoms with E-state index in [1.165, 1.54) is 25.6 Å². The van der Waals surface area contributed by atoms with Gasteiger partial charge in [-0.25, -0.2) is 24.5 Å². The summed E-state index contributed by atoms with van der Waals surface area (Å²) in [5.74, 6) is 0. The first-order valence-corrected chi connectivity index (χ1v) is 10.9. The average Bonchev–Trinajstić information content (AvgIpc) is 3.27. The number of halogens is 4. The molecule has 0 unspecified atom stereocenters. The van der Waals surface area contributed by atoms with Gasteiger partial charge in [0, 0.05) is 34.7 Å².